The molecule has 0 bridgehead atoms. The number of anilines is 1. The lowest BCUT2D eigenvalue weighted by Gasteiger charge is -2.20. The molecule has 30 heavy (non-hydrogen) atoms. The van der Waals surface area contributed by atoms with Crippen LogP contribution in [-0.4, -0.2) is 37.0 Å². The lowest BCUT2D eigenvalue weighted by atomic mass is 10.2. The molecule has 1 aliphatic rings. The van der Waals surface area contributed by atoms with E-state index >= 15 is 0 Å². The SMILES string of the molecule is O=C(NCCCn1ccnc1)c1ccc(Cl)c(S(=O)(=O)N2CCc3ccccc32)c1. The van der Waals surface area contributed by atoms with Crippen molar-refractivity contribution in [2.45, 2.75) is 24.3 Å². The zero-order valence-electron chi connectivity index (χ0n) is 16.2. The van der Waals surface area contributed by atoms with Crippen LogP contribution >= 0.6 is 11.6 Å². The molecule has 1 aliphatic heterocycles. The summed E-state index contributed by atoms with van der Waals surface area (Å²) in [5.74, 6) is -0.337. The number of sulfonamides is 1. The van der Waals surface area contributed by atoms with Crippen LogP contribution in [0.4, 0.5) is 5.69 Å². The predicted molar refractivity (Wildman–Crippen MR) is 115 cm³/mol. The molecule has 0 saturated carbocycles. The Balaban J connectivity index is 1.49. The number of benzene rings is 2. The monoisotopic (exact) mass is 444 g/mol. The Kier molecular flexibility index (Phi) is 5.78. The van der Waals surface area contributed by atoms with E-state index in [1.165, 1.54) is 22.5 Å². The summed E-state index contributed by atoms with van der Waals surface area (Å²) in [7, 11) is -3.88. The molecule has 1 aromatic heterocycles. The second-order valence-corrected chi connectivity index (χ2v) is 9.25. The van der Waals surface area contributed by atoms with Crippen molar-refractivity contribution >= 4 is 33.2 Å². The van der Waals surface area contributed by atoms with Gasteiger partial charge in [0.25, 0.3) is 15.9 Å². The van der Waals surface area contributed by atoms with Gasteiger partial charge < -0.3 is 9.88 Å². The minimum atomic E-state index is -3.88. The van der Waals surface area contributed by atoms with Gasteiger partial charge in [0.1, 0.15) is 4.90 Å². The number of nitrogens with one attached hydrogen (secondary N) is 1. The summed E-state index contributed by atoms with van der Waals surface area (Å²) in [6.07, 6.45) is 6.64. The number of hydrogen-bond acceptors (Lipinski definition) is 4. The lowest BCUT2D eigenvalue weighted by molar-refractivity contribution is 0.0952. The zero-order chi connectivity index (χ0) is 21.1. The Morgan fingerprint density at radius 1 is 1.20 bits per heavy atom. The average molecular weight is 445 g/mol. The van der Waals surface area contributed by atoms with E-state index in [0.717, 1.165) is 18.5 Å². The van der Waals surface area contributed by atoms with Crippen LogP contribution in [-0.2, 0) is 23.0 Å². The quantitative estimate of drug-likeness (QED) is 0.567. The van der Waals surface area contributed by atoms with Crippen LogP contribution in [0.1, 0.15) is 22.3 Å². The molecule has 0 radical (unpaired) electrons. The van der Waals surface area contributed by atoms with Crippen molar-refractivity contribution in [2.24, 2.45) is 0 Å². The first-order valence-corrected chi connectivity index (χ1v) is 11.4. The average Bonchev–Trinajstić information content (AvgIpc) is 3.41. The molecule has 0 unspecified atom stereocenters. The molecule has 7 nitrogen and oxygen atoms in total. The number of carbonyl (C=O) groups excluding carboxylic acids is 1. The third-order valence-electron chi connectivity index (χ3n) is 5.04. The van der Waals surface area contributed by atoms with Crippen molar-refractivity contribution in [1.82, 2.24) is 14.9 Å². The number of carbonyl (C=O) groups is 1. The molecular weight excluding hydrogens is 424 g/mol. The molecule has 2 heterocycles. The number of fused-ring (bicyclic) bond motifs is 1. The Labute approximate surface area is 180 Å². The lowest BCUT2D eigenvalue weighted by Crippen LogP contribution is -2.30. The second-order valence-electron chi connectivity index (χ2n) is 7.01. The number of halogens is 1. The van der Waals surface area contributed by atoms with E-state index in [-0.39, 0.29) is 21.4 Å². The first kappa shape index (κ1) is 20.4. The van der Waals surface area contributed by atoms with Crippen molar-refractivity contribution in [3.8, 4) is 0 Å². The van der Waals surface area contributed by atoms with E-state index in [0.29, 0.717) is 25.2 Å². The molecule has 2 aromatic carbocycles. The fourth-order valence-electron chi connectivity index (χ4n) is 3.50. The highest BCUT2D eigenvalue weighted by Crippen LogP contribution is 2.35. The highest BCUT2D eigenvalue weighted by atomic mass is 35.5. The standard InChI is InChI=1S/C21H21ClN4O3S/c22-18-7-6-17(21(27)24-9-3-11-25-13-10-23-15-25)14-20(18)30(28,29)26-12-8-16-4-1-2-5-19(16)26/h1-2,4-7,10,13-15H,3,8-9,11-12H2,(H,24,27). The summed E-state index contributed by atoms with van der Waals surface area (Å²) in [4.78, 5) is 16.4. The molecule has 1 amide bonds. The van der Waals surface area contributed by atoms with Gasteiger partial charge in [-0.25, -0.2) is 13.4 Å². The van der Waals surface area contributed by atoms with E-state index in [1.807, 2.05) is 29.0 Å². The molecule has 0 fully saturated rings. The summed E-state index contributed by atoms with van der Waals surface area (Å²) in [5.41, 5.74) is 1.89. The zero-order valence-corrected chi connectivity index (χ0v) is 17.7. The molecule has 4 rings (SSSR count). The van der Waals surface area contributed by atoms with Crippen molar-refractivity contribution in [3.05, 3.63) is 77.3 Å². The van der Waals surface area contributed by atoms with Gasteiger partial charge in [-0.3, -0.25) is 9.10 Å². The van der Waals surface area contributed by atoms with Crippen LogP contribution in [0, 0.1) is 0 Å². The molecule has 0 aliphatic carbocycles. The smallest absolute Gasteiger partial charge is 0.265 e. The molecule has 9 heteroatoms. The number of imidazole rings is 1. The van der Waals surface area contributed by atoms with Crippen molar-refractivity contribution < 1.29 is 13.2 Å². The summed E-state index contributed by atoms with van der Waals surface area (Å²) in [5, 5.41) is 2.91. The van der Waals surface area contributed by atoms with Gasteiger partial charge in [0.15, 0.2) is 0 Å². The van der Waals surface area contributed by atoms with E-state index in [4.69, 9.17) is 11.6 Å². The fraction of sp³-hybridized carbons (Fsp3) is 0.238. The summed E-state index contributed by atoms with van der Waals surface area (Å²) in [6.45, 7) is 1.54. The Morgan fingerprint density at radius 2 is 2.03 bits per heavy atom. The number of rotatable bonds is 7. The maximum Gasteiger partial charge on any atom is 0.265 e. The maximum atomic E-state index is 13.3. The molecular formula is C21H21ClN4O3S. The van der Waals surface area contributed by atoms with Crippen LogP contribution in [0.5, 0.6) is 0 Å². The third-order valence-corrected chi connectivity index (χ3v) is 7.34. The topological polar surface area (TPSA) is 84.3 Å². The largest absolute Gasteiger partial charge is 0.352 e. The summed E-state index contributed by atoms with van der Waals surface area (Å²) >= 11 is 6.23. The normalized spacial score (nSPS) is 13.3. The molecule has 3 aromatic rings. The minimum Gasteiger partial charge on any atom is -0.352 e. The van der Waals surface area contributed by atoms with Crippen LogP contribution in [0.3, 0.4) is 0 Å². The summed E-state index contributed by atoms with van der Waals surface area (Å²) in [6, 6.07) is 11.7. The first-order chi connectivity index (χ1) is 14.5. The summed E-state index contributed by atoms with van der Waals surface area (Å²) < 4.78 is 29.9. The second kappa shape index (κ2) is 8.49. The Hall–Kier alpha value is -2.84. The van der Waals surface area contributed by atoms with Gasteiger partial charge in [0, 0.05) is 37.6 Å². The van der Waals surface area contributed by atoms with Crippen molar-refractivity contribution in [3.63, 3.8) is 0 Å². The number of hydrogen-bond donors (Lipinski definition) is 1. The van der Waals surface area contributed by atoms with Crippen LogP contribution in [0.25, 0.3) is 0 Å². The van der Waals surface area contributed by atoms with Gasteiger partial charge in [0.2, 0.25) is 0 Å². The van der Waals surface area contributed by atoms with E-state index in [1.54, 1.807) is 18.6 Å². The van der Waals surface area contributed by atoms with E-state index in [9.17, 15) is 13.2 Å². The highest BCUT2D eigenvalue weighted by Gasteiger charge is 2.32. The van der Waals surface area contributed by atoms with Gasteiger partial charge in [-0.2, -0.15) is 0 Å². The Bertz CT molecular complexity index is 1160. The number of nitrogens with zero attached hydrogens (tertiary/aromatic N) is 3. The van der Waals surface area contributed by atoms with E-state index in [2.05, 4.69) is 10.3 Å². The van der Waals surface area contributed by atoms with Gasteiger partial charge in [0.05, 0.1) is 17.0 Å². The van der Waals surface area contributed by atoms with Crippen LogP contribution in [0.15, 0.2) is 66.1 Å². The number of amides is 1. The van der Waals surface area contributed by atoms with Crippen LogP contribution < -0.4 is 9.62 Å². The maximum absolute atomic E-state index is 13.3. The van der Waals surface area contributed by atoms with E-state index < -0.39 is 10.0 Å². The highest BCUT2D eigenvalue weighted by molar-refractivity contribution is 7.93. The van der Waals surface area contributed by atoms with Gasteiger partial charge in [-0.15, -0.1) is 0 Å². The van der Waals surface area contributed by atoms with Gasteiger partial charge in [-0.1, -0.05) is 29.8 Å². The van der Waals surface area contributed by atoms with Crippen LogP contribution in [0.2, 0.25) is 5.02 Å². The number of aryl methyl sites for hydroxylation is 1. The fourth-order valence-corrected chi connectivity index (χ4v) is 5.51. The molecule has 0 saturated heterocycles. The Morgan fingerprint density at radius 3 is 2.83 bits per heavy atom. The minimum absolute atomic E-state index is 0.0630. The van der Waals surface area contributed by atoms with Gasteiger partial charge >= 0.3 is 0 Å². The predicted octanol–water partition coefficient (Wildman–Crippen LogP) is 3.11. The molecule has 0 atom stereocenters. The molecule has 156 valence electrons. The number of aromatic nitrogens is 2. The molecule has 0 spiro atoms. The third kappa shape index (κ3) is 4.06. The molecule has 1 N–H and O–H groups in total. The first-order valence-electron chi connectivity index (χ1n) is 9.61. The van der Waals surface area contributed by atoms with Crippen molar-refractivity contribution in [2.75, 3.05) is 17.4 Å². The van der Waals surface area contributed by atoms with Crippen molar-refractivity contribution in [1.29, 1.82) is 0 Å². The number of para-hydroxylation sites is 1. The van der Waals surface area contributed by atoms with Gasteiger partial charge in [-0.05, 0) is 42.7 Å².